The van der Waals surface area contributed by atoms with Crippen molar-refractivity contribution < 1.29 is 9.53 Å². The van der Waals surface area contributed by atoms with E-state index in [-0.39, 0.29) is 5.97 Å². The lowest BCUT2D eigenvalue weighted by molar-refractivity contribution is -0.137. The average Bonchev–Trinajstić information content (AvgIpc) is 2.15. The van der Waals surface area contributed by atoms with E-state index in [0.29, 0.717) is 6.61 Å². The maximum atomic E-state index is 11.0. The molecule has 0 N–H and O–H groups in total. The molecule has 0 bridgehead atoms. The molecule has 0 saturated carbocycles. The molecule has 0 radical (unpaired) electrons. The molecule has 74 valence electrons. The summed E-state index contributed by atoms with van der Waals surface area (Å²) in [5, 5.41) is 0. The van der Waals surface area contributed by atoms with Crippen molar-refractivity contribution in [2.24, 2.45) is 0 Å². The number of aryl methyl sites for hydroxylation is 1. The Morgan fingerprint density at radius 2 is 2.43 bits per heavy atom. The largest absolute Gasteiger partial charge is 0.463 e. The normalized spacial score (nSPS) is 10.4. The number of hydrogen-bond donors (Lipinski definition) is 0. The monoisotopic (exact) mass is 191 g/mol. The molecule has 0 aliphatic carbocycles. The molecular weight excluding hydrogens is 178 g/mol. The SMILES string of the molecule is CCOC(=O)C=Cc1cc(C)ccn1. The molecule has 3 heteroatoms. The van der Waals surface area contributed by atoms with Gasteiger partial charge in [0, 0.05) is 12.3 Å². The zero-order chi connectivity index (χ0) is 10.4. The first-order valence-electron chi connectivity index (χ1n) is 4.50. The Kier molecular flexibility index (Phi) is 3.85. The van der Waals surface area contributed by atoms with Crippen molar-refractivity contribution in [1.82, 2.24) is 4.98 Å². The summed E-state index contributed by atoms with van der Waals surface area (Å²) in [5.74, 6) is -0.337. The van der Waals surface area contributed by atoms with E-state index >= 15 is 0 Å². The summed E-state index contributed by atoms with van der Waals surface area (Å²) in [5.41, 5.74) is 1.88. The Hall–Kier alpha value is -1.64. The van der Waals surface area contributed by atoms with Crippen molar-refractivity contribution in [1.29, 1.82) is 0 Å². The fourth-order valence-electron chi connectivity index (χ4n) is 0.994. The predicted octanol–water partition coefficient (Wildman–Crippen LogP) is 1.97. The Morgan fingerprint density at radius 1 is 1.64 bits per heavy atom. The molecule has 0 aromatic carbocycles. The number of rotatable bonds is 3. The first kappa shape index (κ1) is 10.4. The van der Waals surface area contributed by atoms with Crippen LogP contribution in [0.15, 0.2) is 24.4 Å². The molecule has 3 nitrogen and oxygen atoms in total. The second-order valence-corrected chi connectivity index (χ2v) is 2.84. The molecule has 0 fully saturated rings. The molecule has 0 spiro atoms. The molecular formula is C11H13NO2. The number of aromatic nitrogens is 1. The van der Waals surface area contributed by atoms with Crippen molar-refractivity contribution in [3.05, 3.63) is 35.7 Å². The summed E-state index contributed by atoms with van der Waals surface area (Å²) in [6.45, 7) is 4.14. The standard InChI is InChI=1S/C11H13NO2/c1-3-14-11(13)5-4-10-8-9(2)6-7-12-10/h4-8H,3H2,1-2H3. The molecule has 0 unspecified atom stereocenters. The molecule has 0 saturated heterocycles. The quantitative estimate of drug-likeness (QED) is 0.541. The Labute approximate surface area is 83.4 Å². The number of pyridine rings is 1. The fourth-order valence-corrected chi connectivity index (χ4v) is 0.994. The Morgan fingerprint density at radius 3 is 3.07 bits per heavy atom. The van der Waals surface area contributed by atoms with E-state index in [1.807, 2.05) is 19.1 Å². The van der Waals surface area contributed by atoms with Gasteiger partial charge in [0.2, 0.25) is 0 Å². The zero-order valence-corrected chi connectivity index (χ0v) is 8.36. The maximum Gasteiger partial charge on any atom is 0.330 e. The highest BCUT2D eigenvalue weighted by atomic mass is 16.5. The van der Waals surface area contributed by atoms with Crippen LogP contribution < -0.4 is 0 Å². The van der Waals surface area contributed by atoms with Crippen molar-refractivity contribution in [3.63, 3.8) is 0 Å². The first-order valence-corrected chi connectivity index (χ1v) is 4.50. The molecule has 1 heterocycles. The smallest absolute Gasteiger partial charge is 0.330 e. The van der Waals surface area contributed by atoms with Crippen LogP contribution in [0.3, 0.4) is 0 Å². The summed E-state index contributed by atoms with van der Waals surface area (Å²) >= 11 is 0. The van der Waals surface area contributed by atoms with Gasteiger partial charge in [-0.1, -0.05) is 0 Å². The van der Waals surface area contributed by atoms with Gasteiger partial charge in [-0.15, -0.1) is 0 Å². The van der Waals surface area contributed by atoms with Gasteiger partial charge < -0.3 is 4.74 Å². The minimum absolute atomic E-state index is 0.337. The molecule has 0 aliphatic rings. The molecule has 0 atom stereocenters. The van der Waals surface area contributed by atoms with Crippen LogP contribution in [0.1, 0.15) is 18.2 Å². The van der Waals surface area contributed by atoms with Gasteiger partial charge in [0.05, 0.1) is 12.3 Å². The highest BCUT2D eigenvalue weighted by Gasteiger charge is 1.94. The van der Waals surface area contributed by atoms with Crippen molar-refractivity contribution in [2.45, 2.75) is 13.8 Å². The third-order valence-electron chi connectivity index (χ3n) is 1.61. The molecule has 1 rings (SSSR count). The average molecular weight is 191 g/mol. The van der Waals surface area contributed by atoms with Gasteiger partial charge >= 0.3 is 5.97 Å². The molecule has 1 aromatic rings. The van der Waals surface area contributed by atoms with E-state index in [0.717, 1.165) is 11.3 Å². The van der Waals surface area contributed by atoms with E-state index in [2.05, 4.69) is 4.98 Å². The Balaban J connectivity index is 2.64. The van der Waals surface area contributed by atoms with E-state index in [1.165, 1.54) is 6.08 Å². The van der Waals surface area contributed by atoms with Crippen LogP contribution in [-0.2, 0) is 9.53 Å². The minimum Gasteiger partial charge on any atom is -0.463 e. The third-order valence-corrected chi connectivity index (χ3v) is 1.61. The van der Waals surface area contributed by atoms with Crippen LogP contribution in [-0.4, -0.2) is 17.6 Å². The summed E-state index contributed by atoms with van der Waals surface area (Å²) < 4.78 is 4.74. The summed E-state index contributed by atoms with van der Waals surface area (Å²) in [6, 6.07) is 3.80. The zero-order valence-electron chi connectivity index (χ0n) is 8.36. The van der Waals surface area contributed by atoms with E-state index in [1.54, 1.807) is 19.2 Å². The van der Waals surface area contributed by atoms with Gasteiger partial charge in [-0.25, -0.2) is 4.79 Å². The molecule has 0 aliphatic heterocycles. The van der Waals surface area contributed by atoms with E-state index in [9.17, 15) is 4.79 Å². The molecule has 0 amide bonds. The number of hydrogen-bond acceptors (Lipinski definition) is 3. The number of ether oxygens (including phenoxy) is 1. The van der Waals surface area contributed by atoms with Crippen LogP contribution in [0.2, 0.25) is 0 Å². The summed E-state index contributed by atoms with van der Waals surface area (Å²) in [7, 11) is 0. The second-order valence-electron chi connectivity index (χ2n) is 2.84. The lowest BCUT2D eigenvalue weighted by Crippen LogP contribution is -1.98. The summed E-state index contributed by atoms with van der Waals surface area (Å²) in [6.07, 6.45) is 4.73. The van der Waals surface area contributed by atoms with Gasteiger partial charge in [-0.3, -0.25) is 4.98 Å². The van der Waals surface area contributed by atoms with Crippen LogP contribution >= 0.6 is 0 Å². The lowest BCUT2D eigenvalue weighted by atomic mass is 10.2. The first-order chi connectivity index (χ1) is 6.72. The van der Waals surface area contributed by atoms with Gasteiger partial charge in [0.15, 0.2) is 0 Å². The summed E-state index contributed by atoms with van der Waals surface area (Å²) in [4.78, 5) is 15.0. The number of esters is 1. The number of carbonyl (C=O) groups is 1. The topological polar surface area (TPSA) is 39.2 Å². The molecule has 14 heavy (non-hydrogen) atoms. The number of carbonyl (C=O) groups excluding carboxylic acids is 1. The van der Waals surface area contributed by atoms with Crippen molar-refractivity contribution in [3.8, 4) is 0 Å². The highest BCUT2D eigenvalue weighted by molar-refractivity contribution is 5.86. The Bertz CT molecular complexity index is 345. The van der Waals surface area contributed by atoms with E-state index in [4.69, 9.17) is 4.74 Å². The van der Waals surface area contributed by atoms with Crippen molar-refractivity contribution in [2.75, 3.05) is 6.61 Å². The molecule has 1 aromatic heterocycles. The van der Waals surface area contributed by atoms with Crippen molar-refractivity contribution >= 4 is 12.0 Å². The second kappa shape index (κ2) is 5.17. The maximum absolute atomic E-state index is 11.0. The van der Waals surface area contributed by atoms with Crippen LogP contribution in [0, 0.1) is 6.92 Å². The third kappa shape index (κ3) is 3.39. The van der Waals surface area contributed by atoms with E-state index < -0.39 is 0 Å². The number of nitrogens with zero attached hydrogens (tertiary/aromatic N) is 1. The van der Waals surface area contributed by atoms with Gasteiger partial charge in [0.1, 0.15) is 0 Å². The predicted molar refractivity (Wildman–Crippen MR) is 54.6 cm³/mol. The van der Waals surface area contributed by atoms with Gasteiger partial charge in [0.25, 0.3) is 0 Å². The highest BCUT2D eigenvalue weighted by Crippen LogP contribution is 2.01. The van der Waals surface area contributed by atoms with Crippen LogP contribution in [0.4, 0.5) is 0 Å². The van der Waals surface area contributed by atoms with Crippen LogP contribution in [0.5, 0.6) is 0 Å². The fraction of sp³-hybridized carbons (Fsp3) is 0.273. The van der Waals surface area contributed by atoms with Crippen LogP contribution in [0.25, 0.3) is 6.08 Å². The lowest BCUT2D eigenvalue weighted by Gasteiger charge is -1.95. The minimum atomic E-state index is -0.337. The van der Waals surface area contributed by atoms with Gasteiger partial charge in [-0.2, -0.15) is 0 Å². The van der Waals surface area contributed by atoms with Gasteiger partial charge in [-0.05, 0) is 37.6 Å².